The van der Waals surface area contributed by atoms with Crippen molar-refractivity contribution in [2.75, 3.05) is 13.1 Å². The largest absolute Gasteiger partial charge is 0.316 e. The second-order valence-corrected chi connectivity index (χ2v) is 9.47. The van der Waals surface area contributed by atoms with Gasteiger partial charge in [0.25, 0.3) is 5.91 Å². The van der Waals surface area contributed by atoms with Crippen LogP contribution < -0.4 is 0 Å². The molecule has 3 aromatic carbocycles. The van der Waals surface area contributed by atoms with Gasteiger partial charge in [-0.2, -0.15) is 4.31 Å². The SMILES string of the molecule is Cc1ccc(C(=O)N2CCN(S(=O)(=O)c3ccc(C)cc3)C2c2ccccc2)cc1. The second kappa shape index (κ2) is 8.05. The molecule has 3 aromatic rings. The predicted octanol–water partition coefficient (Wildman–Crippen LogP) is 4.15. The van der Waals surface area contributed by atoms with Crippen molar-refractivity contribution in [1.82, 2.24) is 9.21 Å². The molecule has 1 heterocycles. The Bertz CT molecular complexity index is 1140. The smallest absolute Gasteiger partial charge is 0.255 e. The molecule has 1 atom stereocenters. The van der Waals surface area contributed by atoms with Gasteiger partial charge in [0, 0.05) is 18.7 Å². The van der Waals surface area contributed by atoms with E-state index in [-0.39, 0.29) is 17.3 Å². The Hall–Kier alpha value is -2.96. The summed E-state index contributed by atoms with van der Waals surface area (Å²) in [5, 5.41) is 0. The standard InChI is InChI=1S/C24H24N2O3S/c1-18-8-12-21(13-9-18)24(27)25-16-17-26(23(25)20-6-4-3-5-7-20)30(28,29)22-14-10-19(2)11-15-22/h3-15,23H,16-17H2,1-2H3. The highest BCUT2D eigenvalue weighted by Gasteiger charge is 2.43. The summed E-state index contributed by atoms with van der Waals surface area (Å²) in [6, 6.07) is 23.5. The summed E-state index contributed by atoms with van der Waals surface area (Å²) < 4.78 is 28.4. The zero-order chi connectivity index (χ0) is 21.3. The molecule has 0 radical (unpaired) electrons. The van der Waals surface area contributed by atoms with Gasteiger partial charge in [-0.3, -0.25) is 4.79 Å². The fourth-order valence-electron chi connectivity index (χ4n) is 3.75. The molecule has 154 valence electrons. The molecule has 1 amide bonds. The Morgan fingerprint density at radius 2 is 1.37 bits per heavy atom. The molecule has 0 bridgehead atoms. The highest BCUT2D eigenvalue weighted by molar-refractivity contribution is 7.89. The van der Waals surface area contributed by atoms with E-state index in [4.69, 9.17) is 0 Å². The first-order valence-electron chi connectivity index (χ1n) is 9.89. The molecule has 1 aliphatic rings. The summed E-state index contributed by atoms with van der Waals surface area (Å²) in [4.78, 5) is 15.2. The van der Waals surface area contributed by atoms with Crippen LogP contribution in [0.25, 0.3) is 0 Å². The van der Waals surface area contributed by atoms with Crippen LogP contribution in [0.2, 0.25) is 0 Å². The highest BCUT2D eigenvalue weighted by atomic mass is 32.2. The maximum atomic E-state index is 13.5. The summed E-state index contributed by atoms with van der Waals surface area (Å²) >= 11 is 0. The van der Waals surface area contributed by atoms with E-state index in [9.17, 15) is 13.2 Å². The molecule has 0 spiro atoms. The van der Waals surface area contributed by atoms with Crippen LogP contribution in [0, 0.1) is 13.8 Å². The van der Waals surface area contributed by atoms with Crippen LogP contribution in [-0.4, -0.2) is 36.6 Å². The fourth-order valence-corrected chi connectivity index (χ4v) is 5.32. The monoisotopic (exact) mass is 420 g/mol. The minimum Gasteiger partial charge on any atom is -0.316 e. The van der Waals surface area contributed by atoms with E-state index in [2.05, 4.69) is 0 Å². The Morgan fingerprint density at radius 3 is 1.97 bits per heavy atom. The second-order valence-electron chi connectivity index (χ2n) is 7.58. The number of carbonyl (C=O) groups is 1. The molecule has 1 saturated heterocycles. The molecule has 6 heteroatoms. The van der Waals surface area contributed by atoms with Gasteiger partial charge in [-0.1, -0.05) is 65.7 Å². The van der Waals surface area contributed by atoms with Crippen molar-refractivity contribution in [3.8, 4) is 0 Å². The molecule has 0 saturated carbocycles. The first kappa shape index (κ1) is 20.3. The highest BCUT2D eigenvalue weighted by Crippen LogP contribution is 2.36. The number of amides is 1. The van der Waals surface area contributed by atoms with Crippen molar-refractivity contribution in [1.29, 1.82) is 0 Å². The number of carbonyl (C=O) groups excluding carboxylic acids is 1. The number of hydrogen-bond acceptors (Lipinski definition) is 3. The van der Waals surface area contributed by atoms with Gasteiger partial charge in [0.15, 0.2) is 0 Å². The lowest BCUT2D eigenvalue weighted by molar-refractivity contribution is 0.0693. The molecule has 4 rings (SSSR count). The third-order valence-electron chi connectivity index (χ3n) is 5.41. The lowest BCUT2D eigenvalue weighted by Gasteiger charge is -2.30. The Labute approximate surface area is 177 Å². The first-order valence-corrected chi connectivity index (χ1v) is 11.3. The molecule has 1 aliphatic heterocycles. The number of nitrogens with zero attached hydrogens (tertiary/aromatic N) is 2. The van der Waals surface area contributed by atoms with Crippen molar-refractivity contribution in [3.05, 3.63) is 101 Å². The molecule has 30 heavy (non-hydrogen) atoms. The van der Waals surface area contributed by atoms with Gasteiger partial charge < -0.3 is 4.90 Å². The Kier molecular flexibility index (Phi) is 5.45. The van der Waals surface area contributed by atoms with E-state index in [0.29, 0.717) is 12.1 Å². The summed E-state index contributed by atoms with van der Waals surface area (Å²) in [6.45, 7) is 4.46. The lowest BCUT2D eigenvalue weighted by Crippen LogP contribution is -2.38. The normalized spacial score (nSPS) is 17.3. The zero-order valence-corrected chi connectivity index (χ0v) is 17.8. The molecule has 5 nitrogen and oxygen atoms in total. The van der Waals surface area contributed by atoms with Gasteiger partial charge in [0.05, 0.1) is 4.90 Å². The summed E-state index contributed by atoms with van der Waals surface area (Å²) in [7, 11) is -3.77. The van der Waals surface area contributed by atoms with Gasteiger partial charge in [-0.05, 0) is 43.7 Å². The Morgan fingerprint density at radius 1 is 0.800 bits per heavy atom. The molecule has 0 N–H and O–H groups in total. The van der Waals surface area contributed by atoms with Crippen molar-refractivity contribution in [2.24, 2.45) is 0 Å². The molecular formula is C24H24N2O3S. The maximum Gasteiger partial charge on any atom is 0.255 e. The van der Waals surface area contributed by atoms with E-state index >= 15 is 0 Å². The zero-order valence-electron chi connectivity index (χ0n) is 17.0. The van der Waals surface area contributed by atoms with Crippen molar-refractivity contribution in [2.45, 2.75) is 24.9 Å². The number of hydrogen-bond donors (Lipinski definition) is 0. The van der Waals surface area contributed by atoms with Crippen molar-refractivity contribution < 1.29 is 13.2 Å². The topological polar surface area (TPSA) is 57.7 Å². The van der Waals surface area contributed by atoms with Gasteiger partial charge in [-0.25, -0.2) is 8.42 Å². The van der Waals surface area contributed by atoms with Crippen LogP contribution in [0.3, 0.4) is 0 Å². The minimum atomic E-state index is -3.77. The Balaban J connectivity index is 1.75. The van der Waals surface area contributed by atoms with Crippen LogP contribution in [0.1, 0.15) is 33.2 Å². The number of benzene rings is 3. The van der Waals surface area contributed by atoms with Crippen LogP contribution in [-0.2, 0) is 10.0 Å². The lowest BCUT2D eigenvalue weighted by atomic mass is 10.1. The third kappa shape index (κ3) is 3.76. The molecule has 1 fully saturated rings. The van der Waals surface area contributed by atoms with E-state index in [0.717, 1.165) is 16.7 Å². The van der Waals surface area contributed by atoms with Gasteiger partial charge in [0.2, 0.25) is 10.0 Å². The predicted molar refractivity (Wildman–Crippen MR) is 116 cm³/mol. The molecule has 0 aliphatic carbocycles. The van der Waals surface area contributed by atoms with E-state index in [1.165, 1.54) is 4.31 Å². The third-order valence-corrected chi connectivity index (χ3v) is 7.28. The van der Waals surface area contributed by atoms with Crippen molar-refractivity contribution in [3.63, 3.8) is 0 Å². The van der Waals surface area contributed by atoms with Crippen LogP contribution in [0.15, 0.2) is 83.8 Å². The van der Waals surface area contributed by atoms with E-state index in [1.807, 2.05) is 56.3 Å². The van der Waals surface area contributed by atoms with Gasteiger partial charge in [0.1, 0.15) is 6.17 Å². The number of sulfonamides is 1. The van der Waals surface area contributed by atoms with E-state index in [1.54, 1.807) is 41.3 Å². The molecule has 1 unspecified atom stereocenters. The van der Waals surface area contributed by atoms with E-state index < -0.39 is 16.2 Å². The summed E-state index contributed by atoms with van der Waals surface area (Å²) in [5.74, 6) is -0.176. The van der Waals surface area contributed by atoms with Crippen LogP contribution in [0.5, 0.6) is 0 Å². The number of aryl methyl sites for hydroxylation is 2. The summed E-state index contributed by atoms with van der Waals surface area (Å²) in [6.07, 6.45) is -0.689. The fraction of sp³-hybridized carbons (Fsp3) is 0.208. The number of rotatable bonds is 4. The van der Waals surface area contributed by atoms with Crippen LogP contribution in [0.4, 0.5) is 0 Å². The van der Waals surface area contributed by atoms with Crippen molar-refractivity contribution >= 4 is 15.9 Å². The summed E-state index contributed by atoms with van der Waals surface area (Å²) in [5.41, 5.74) is 3.38. The average Bonchev–Trinajstić information content (AvgIpc) is 3.21. The average molecular weight is 421 g/mol. The quantitative estimate of drug-likeness (QED) is 0.637. The molecular weight excluding hydrogens is 396 g/mol. The van der Waals surface area contributed by atoms with Gasteiger partial charge >= 0.3 is 0 Å². The van der Waals surface area contributed by atoms with Crippen LogP contribution >= 0.6 is 0 Å². The minimum absolute atomic E-state index is 0.176. The first-order chi connectivity index (χ1) is 14.4. The maximum absolute atomic E-state index is 13.5. The van der Waals surface area contributed by atoms with Gasteiger partial charge in [-0.15, -0.1) is 0 Å². The molecule has 0 aromatic heterocycles.